The van der Waals surface area contributed by atoms with E-state index in [1.807, 2.05) is 31.0 Å². The molecule has 0 bridgehead atoms. The van der Waals surface area contributed by atoms with Crippen LogP contribution in [0.15, 0.2) is 36.7 Å². The van der Waals surface area contributed by atoms with Gasteiger partial charge in [-0.05, 0) is 63.5 Å². The number of nitrogens with zero attached hydrogens (tertiary/aromatic N) is 6. The van der Waals surface area contributed by atoms with Gasteiger partial charge < -0.3 is 19.3 Å². The monoisotopic (exact) mass is 472 g/mol. The number of benzene rings is 2. The van der Waals surface area contributed by atoms with Crippen LogP contribution >= 0.6 is 0 Å². The van der Waals surface area contributed by atoms with E-state index in [9.17, 15) is 0 Å². The fourth-order valence-corrected chi connectivity index (χ4v) is 5.45. The van der Waals surface area contributed by atoms with E-state index in [4.69, 9.17) is 19.4 Å². The van der Waals surface area contributed by atoms with Crippen molar-refractivity contribution in [3.8, 4) is 17.1 Å². The van der Waals surface area contributed by atoms with E-state index >= 15 is 0 Å². The molecule has 0 spiro atoms. The van der Waals surface area contributed by atoms with E-state index in [1.54, 1.807) is 7.11 Å². The van der Waals surface area contributed by atoms with Gasteiger partial charge in [0.05, 0.1) is 16.6 Å². The second-order valence-electron chi connectivity index (χ2n) is 9.71. The van der Waals surface area contributed by atoms with Crippen LogP contribution in [0.1, 0.15) is 24.8 Å². The standard InChI is InChI=1S/C27H32N6O2/c1-18-25-20(16-31(2)30-25)14-23(26(18)35-17-34-3)27-28-15-19-13-22(5-6-24(19)29-27)33-11-7-21(8-12-33)32-9-4-10-32/h5-6,13-16,21H,4,7-12,17H2,1-3H3. The zero-order chi connectivity index (χ0) is 23.9. The fraction of sp³-hybridized carbons (Fsp3) is 0.444. The van der Waals surface area contributed by atoms with Gasteiger partial charge in [-0.15, -0.1) is 0 Å². The molecule has 4 heterocycles. The molecule has 0 radical (unpaired) electrons. The minimum atomic E-state index is 0.150. The van der Waals surface area contributed by atoms with Gasteiger partial charge in [-0.25, -0.2) is 9.97 Å². The van der Waals surface area contributed by atoms with Gasteiger partial charge in [0.25, 0.3) is 0 Å². The van der Waals surface area contributed by atoms with E-state index in [0.717, 1.165) is 52.1 Å². The number of fused-ring (bicyclic) bond motifs is 2. The molecular formula is C27H32N6O2. The summed E-state index contributed by atoms with van der Waals surface area (Å²) in [6, 6.07) is 9.35. The fourth-order valence-electron chi connectivity index (χ4n) is 5.45. The molecule has 8 heteroatoms. The van der Waals surface area contributed by atoms with Crippen LogP contribution in [0.3, 0.4) is 0 Å². The Morgan fingerprint density at radius 1 is 1.06 bits per heavy atom. The lowest BCUT2D eigenvalue weighted by molar-refractivity contribution is 0.0511. The van der Waals surface area contributed by atoms with Crippen LogP contribution in [0, 0.1) is 6.92 Å². The molecule has 0 amide bonds. The van der Waals surface area contributed by atoms with Gasteiger partial charge in [-0.2, -0.15) is 5.10 Å². The van der Waals surface area contributed by atoms with Gasteiger partial charge in [0.1, 0.15) is 5.75 Å². The summed E-state index contributed by atoms with van der Waals surface area (Å²) in [6.07, 6.45) is 7.78. The van der Waals surface area contributed by atoms with Gasteiger partial charge in [0.15, 0.2) is 12.6 Å². The molecule has 2 saturated heterocycles. The van der Waals surface area contributed by atoms with Crippen molar-refractivity contribution in [2.45, 2.75) is 32.2 Å². The van der Waals surface area contributed by atoms with Crippen molar-refractivity contribution in [2.24, 2.45) is 7.05 Å². The van der Waals surface area contributed by atoms with E-state index in [1.165, 1.54) is 38.0 Å². The summed E-state index contributed by atoms with van der Waals surface area (Å²) < 4.78 is 13.0. The lowest BCUT2D eigenvalue weighted by Crippen LogP contribution is -2.50. The number of hydrogen-bond donors (Lipinski definition) is 0. The van der Waals surface area contributed by atoms with Gasteiger partial charge in [-0.3, -0.25) is 4.68 Å². The predicted octanol–water partition coefficient (Wildman–Crippen LogP) is 4.15. The lowest BCUT2D eigenvalue weighted by Gasteiger charge is -2.43. The van der Waals surface area contributed by atoms with Crippen LogP contribution in [-0.2, 0) is 11.8 Å². The van der Waals surface area contributed by atoms with Crippen molar-refractivity contribution in [1.29, 1.82) is 0 Å². The summed E-state index contributed by atoms with van der Waals surface area (Å²) in [5.41, 5.74) is 4.89. The highest BCUT2D eigenvalue weighted by molar-refractivity contribution is 5.91. The Bertz CT molecular complexity index is 1370. The van der Waals surface area contributed by atoms with Crippen LogP contribution in [0.4, 0.5) is 5.69 Å². The summed E-state index contributed by atoms with van der Waals surface area (Å²) in [5, 5.41) is 6.67. The molecule has 2 aromatic carbocycles. The number of hydrogen-bond acceptors (Lipinski definition) is 7. The van der Waals surface area contributed by atoms with Crippen molar-refractivity contribution in [2.75, 3.05) is 45.0 Å². The Morgan fingerprint density at radius 2 is 1.89 bits per heavy atom. The third kappa shape index (κ3) is 4.10. The Morgan fingerprint density at radius 3 is 2.63 bits per heavy atom. The highest BCUT2D eigenvalue weighted by atomic mass is 16.7. The highest BCUT2D eigenvalue weighted by Gasteiger charge is 2.28. The molecule has 8 nitrogen and oxygen atoms in total. The average Bonchev–Trinajstić information content (AvgIpc) is 3.23. The summed E-state index contributed by atoms with van der Waals surface area (Å²) in [6.45, 7) is 6.95. The summed E-state index contributed by atoms with van der Waals surface area (Å²) in [4.78, 5) is 14.8. The Balaban J connectivity index is 1.31. The van der Waals surface area contributed by atoms with Crippen LogP contribution < -0.4 is 9.64 Å². The van der Waals surface area contributed by atoms with Crippen LogP contribution in [0.25, 0.3) is 33.2 Å². The molecule has 0 unspecified atom stereocenters. The summed E-state index contributed by atoms with van der Waals surface area (Å²) in [7, 11) is 3.54. The van der Waals surface area contributed by atoms with Crippen molar-refractivity contribution in [1.82, 2.24) is 24.6 Å². The van der Waals surface area contributed by atoms with Crippen LogP contribution in [-0.4, -0.2) is 70.8 Å². The molecule has 0 atom stereocenters. The number of piperidine rings is 1. The molecule has 6 rings (SSSR count). The van der Waals surface area contributed by atoms with Crippen molar-refractivity contribution in [3.63, 3.8) is 0 Å². The van der Waals surface area contributed by atoms with Gasteiger partial charge in [0, 0.05) is 67.7 Å². The van der Waals surface area contributed by atoms with E-state index in [2.05, 4.69) is 39.2 Å². The topological polar surface area (TPSA) is 68.5 Å². The SMILES string of the molecule is COCOc1c(-c2ncc3cc(N4CCC(N5CCC5)CC4)ccc3n2)cc2cn(C)nc2c1C. The molecule has 2 fully saturated rings. The number of methoxy groups -OCH3 is 1. The van der Waals surface area contributed by atoms with Gasteiger partial charge >= 0.3 is 0 Å². The molecule has 4 aromatic rings. The van der Waals surface area contributed by atoms with Crippen LogP contribution in [0.2, 0.25) is 0 Å². The third-order valence-corrected chi connectivity index (χ3v) is 7.46. The van der Waals surface area contributed by atoms with Crippen molar-refractivity contribution >= 4 is 27.5 Å². The maximum atomic E-state index is 5.98. The normalized spacial score (nSPS) is 17.3. The number of aryl methyl sites for hydroxylation is 2. The molecule has 35 heavy (non-hydrogen) atoms. The zero-order valence-corrected chi connectivity index (χ0v) is 20.7. The molecule has 2 aromatic heterocycles. The first kappa shape index (κ1) is 22.2. The Kier molecular flexibility index (Phi) is 5.78. The number of rotatable bonds is 6. The Hall–Kier alpha value is -3.23. The van der Waals surface area contributed by atoms with E-state index in [-0.39, 0.29) is 6.79 Å². The average molecular weight is 473 g/mol. The predicted molar refractivity (Wildman–Crippen MR) is 138 cm³/mol. The van der Waals surface area contributed by atoms with Crippen LogP contribution in [0.5, 0.6) is 5.75 Å². The maximum absolute atomic E-state index is 5.98. The molecule has 2 aliphatic heterocycles. The number of anilines is 1. The highest BCUT2D eigenvalue weighted by Crippen LogP contribution is 2.37. The first-order valence-electron chi connectivity index (χ1n) is 12.5. The van der Waals surface area contributed by atoms with Crippen molar-refractivity contribution in [3.05, 3.63) is 42.2 Å². The maximum Gasteiger partial charge on any atom is 0.188 e. The minimum Gasteiger partial charge on any atom is -0.466 e. The molecule has 0 aliphatic carbocycles. The molecule has 2 aliphatic rings. The number of likely N-dealkylation sites (tertiary alicyclic amines) is 1. The smallest absolute Gasteiger partial charge is 0.188 e. The number of ether oxygens (including phenoxy) is 2. The second kappa shape index (κ2) is 9.09. The third-order valence-electron chi connectivity index (χ3n) is 7.46. The Labute approximate surface area is 205 Å². The number of aromatic nitrogens is 4. The largest absolute Gasteiger partial charge is 0.466 e. The molecule has 182 valence electrons. The molecule has 0 saturated carbocycles. The van der Waals surface area contributed by atoms with Gasteiger partial charge in [-0.1, -0.05) is 0 Å². The first-order valence-corrected chi connectivity index (χ1v) is 12.5. The lowest BCUT2D eigenvalue weighted by atomic mass is 9.99. The summed E-state index contributed by atoms with van der Waals surface area (Å²) in [5.74, 6) is 1.35. The molecular weight excluding hydrogens is 440 g/mol. The minimum absolute atomic E-state index is 0.150. The summed E-state index contributed by atoms with van der Waals surface area (Å²) >= 11 is 0. The quantitative estimate of drug-likeness (QED) is 0.391. The van der Waals surface area contributed by atoms with E-state index in [0.29, 0.717) is 11.6 Å². The van der Waals surface area contributed by atoms with Gasteiger partial charge in [0.2, 0.25) is 0 Å². The zero-order valence-electron chi connectivity index (χ0n) is 20.7. The second-order valence-corrected chi connectivity index (χ2v) is 9.71. The molecule has 0 N–H and O–H groups in total. The first-order chi connectivity index (χ1) is 17.1. The van der Waals surface area contributed by atoms with E-state index < -0.39 is 0 Å². The van der Waals surface area contributed by atoms with Crippen molar-refractivity contribution < 1.29 is 9.47 Å².